The number of nitrogen functional groups attached to an aromatic ring is 1. The van der Waals surface area contributed by atoms with E-state index in [2.05, 4.69) is 67.0 Å². The normalized spacial score (nSPS) is 13.2. The monoisotopic (exact) mass is 835 g/mol. The summed E-state index contributed by atoms with van der Waals surface area (Å²) < 4.78 is 3.45. The van der Waals surface area contributed by atoms with E-state index < -0.39 is 17.9 Å². The molecule has 13 nitrogen and oxygen atoms in total. The van der Waals surface area contributed by atoms with Crippen molar-refractivity contribution < 1.29 is 19.2 Å². The Hall–Kier alpha value is -5.54. The van der Waals surface area contributed by atoms with Crippen molar-refractivity contribution in [3.8, 4) is 0 Å². The van der Waals surface area contributed by atoms with Gasteiger partial charge >= 0.3 is 0 Å². The van der Waals surface area contributed by atoms with E-state index in [4.69, 9.17) is 11.1 Å². The van der Waals surface area contributed by atoms with Gasteiger partial charge in [0.15, 0.2) is 0 Å². The topological polar surface area (TPSA) is 185 Å². The lowest BCUT2D eigenvalue weighted by Crippen LogP contribution is -2.50. The number of rotatable bonds is 21. The van der Waals surface area contributed by atoms with Gasteiger partial charge in [-0.1, -0.05) is 98.3 Å². The molecule has 0 saturated carbocycles. The molecule has 1 heterocycles. The van der Waals surface area contributed by atoms with Gasteiger partial charge in [0.2, 0.25) is 23.6 Å². The van der Waals surface area contributed by atoms with Crippen LogP contribution in [0.25, 0.3) is 0 Å². The Kier molecular flexibility index (Phi) is 20.3. The number of piperazine rings is 1. The smallest absolute Gasteiger partial charge is 0.243 e. The standard InChI is InChI=1S/C44H55N9O4S.C2H6/c1-32-7-18-38(19-8-32)58-49-22-24-53-27-25-52(26-28-53)23-21-41(55)50-37-16-11-34(12-17-37)29-39(51-40(54)20-13-33-5-3-2-4-6-33)44(57)48-31-42(56)47-30-35-9-14-36(15-10-35)43(45)46;1-2/h2-12,14-19,39,49H,13,20-31H2,1H3,(H3,45,46)(H,47,56)(H,48,57)(H,50,55)(H,51,54);1-2H3. The largest absolute Gasteiger partial charge is 0.384 e. The highest BCUT2D eigenvalue weighted by atomic mass is 32.2. The fourth-order valence-corrected chi connectivity index (χ4v) is 6.99. The average Bonchev–Trinajstić information content (AvgIpc) is 3.27. The summed E-state index contributed by atoms with van der Waals surface area (Å²) in [7, 11) is 0. The van der Waals surface area contributed by atoms with E-state index in [0.29, 0.717) is 30.6 Å². The van der Waals surface area contributed by atoms with E-state index in [9.17, 15) is 19.2 Å². The lowest BCUT2D eigenvalue weighted by molar-refractivity contribution is -0.130. The van der Waals surface area contributed by atoms with Gasteiger partial charge in [-0.2, -0.15) is 0 Å². The van der Waals surface area contributed by atoms with Crippen LogP contribution in [0.1, 0.15) is 54.5 Å². The lowest BCUT2D eigenvalue weighted by atomic mass is 10.0. The molecule has 0 bridgehead atoms. The molecule has 14 heteroatoms. The van der Waals surface area contributed by atoms with Crippen molar-refractivity contribution in [1.82, 2.24) is 30.5 Å². The number of nitrogens with two attached hydrogens (primary N) is 1. The summed E-state index contributed by atoms with van der Waals surface area (Å²) in [6.45, 7) is 12.4. The molecule has 4 aromatic rings. The Morgan fingerprint density at radius 3 is 2.00 bits per heavy atom. The second-order valence-corrected chi connectivity index (χ2v) is 15.4. The Morgan fingerprint density at radius 2 is 1.35 bits per heavy atom. The number of hydrogen-bond acceptors (Lipinski definition) is 9. The summed E-state index contributed by atoms with van der Waals surface area (Å²) in [4.78, 5) is 57.8. The van der Waals surface area contributed by atoms with E-state index in [1.165, 1.54) is 10.5 Å². The average molecular weight is 836 g/mol. The van der Waals surface area contributed by atoms with Crippen LogP contribution < -0.4 is 31.7 Å². The minimum Gasteiger partial charge on any atom is -0.384 e. The number of anilines is 1. The molecule has 60 heavy (non-hydrogen) atoms. The Balaban J connectivity index is 0.00000391. The maximum atomic E-state index is 13.4. The minimum absolute atomic E-state index is 0.0391. The number of benzene rings is 4. The molecule has 4 amide bonds. The zero-order chi connectivity index (χ0) is 43.1. The zero-order valence-corrected chi connectivity index (χ0v) is 35.9. The molecule has 0 spiro atoms. The van der Waals surface area contributed by atoms with E-state index in [0.717, 1.165) is 56.0 Å². The first-order chi connectivity index (χ1) is 29.1. The van der Waals surface area contributed by atoms with Crippen molar-refractivity contribution >= 4 is 47.1 Å². The number of aryl methyl sites for hydroxylation is 2. The highest BCUT2D eigenvalue weighted by molar-refractivity contribution is 7.97. The number of hydrogen-bond donors (Lipinski definition) is 7. The third-order valence-electron chi connectivity index (χ3n) is 9.85. The second-order valence-electron chi connectivity index (χ2n) is 14.4. The summed E-state index contributed by atoms with van der Waals surface area (Å²) in [5, 5.41) is 18.8. The number of carbonyl (C=O) groups excluding carboxylic acids is 4. The highest BCUT2D eigenvalue weighted by Gasteiger charge is 2.22. The molecule has 1 saturated heterocycles. The van der Waals surface area contributed by atoms with Gasteiger partial charge < -0.3 is 31.9 Å². The van der Waals surface area contributed by atoms with Crippen molar-refractivity contribution in [1.29, 1.82) is 5.41 Å². The first-order valence-electron chi connectivity index (χ1n) is 20.7. The molecule has 0 aromatic heterocycles. The molecular formula is C46H61N9O4S. The summed E-state index contributed by atoms with van der Waals surface area (Å²) in [5.74, 6) is -1.26. The van der Waals surface area contributed by atoms with Crippen molar-refractivity contribution in [2.75, 3.05) is 57.7 Å². The predicted octanol–water partition coefficient (Wildman–Crippen LogP) is 4.64. The van der Waals surface area contributed by atoms with Crippen molar-refractivity contribution in [3.63, 3.8) is 0 Å². The van der Waals surface area contributed by atoms with E-state index in [1.54, 1.807) is 48.3 Å². The van der Waals surface area contributed by atoms with Gasteiger partial charge in [-0.3, -0.25) is 34.2 Å². The van der Waals surface area contributed by atoms with Crippen LogP contribution in [0.4, 0.5) is 5.69 Å². The summed E-state index contributed by atoms with van der Waals surface area (Å²) in [6, 6.07) is 31.4. The molecule has 320 valence electrons. The van der Waals surface area contributed by atoms with E-state index in [-0.39, 0.29) is 43.6 Å². The van der Waals surface area contributed by atoms with Crippen LogP contribution in [0.5, 0.6) is 0 Å². The van der Waals surface area contributed by atoms with Gasteiger partial charge in [0.05, 0.1) is 6.54 Å². The minimum atomic E-state index is -0.926. The summed E-state index contributed by atoms with van der Waals surface area (Å²) >= 11 is 1.66. The quantitative estimate of drug-likeness (QED) is 0.0272. The molecule has 8 N–H and O–H groups in total. The van der Waals surface area contributed by atoms with Crippen LogP contribution in [0.2, 0.25) is 0 Å². The number of carbonyl (C=O) groups is 4. The molecule has 1 unspecified atom stereocenters. The molecule has 0 radical (unpaired) electrons. The third-order valence-corrected chi connectivity index (χ3v) is 10.7. The number of amidine groups is 1. The Morgan fingerprint density at radius 1 is 0.717 bits per heavy atom. The predicted molar refractivity (Wildman–Crippen MR) is 242 cm³/mol. The van der Waals surface area contributed by atoms with E-state index >= 15 is 0 Å². The number of amides is 4. The maximum absolute atomic E-state index is 13.4. The molecular weight excluding hydrogens is 775 g/mol. The first-order valence-corrected chi connectivity index (χ1v) is 21.5. The van der Waals surface area contributed by atoms with E-state index in [1.807, 2.05) is 56.3 Å². The van der Waals surface area contributed by atoms with Gasteiger partial charge in [0.1, 0.15) is 11.9 Å². The zero-order valence-electron chi connectivity index (χ0n) is 35.1. The summed E-state index contributed by atoms with van der Waals surface area (Å²) in [6.07, 6.45) is 1.29. The molecule has 1 fully saturated rings. The Bertz CT molecular complexity index is 1940. The van der Waals surface area contributed by atoms with Gasteiger partial charge in [-0.15, -0.1) is 0 Å². The molecule has 4 aromatic carbocycles. The third kappa shape index (κ3) is 17.4. The molecule has 0 aliphatic carbocycles. The van der Waals surface area contributed by atoms with Crippen LogP contribution in [-0.2, 0) is 38.6 Å². The molecule has 1 aliphatic rings. The van der Waals surface area contributed by atoms with Crippen molar-refractivity contribution in [2.45, 2.75) is 63.9 Å². The van der Waals surface area contributed by atoms with Gasteiger partial charge in [0.25, 0.3) is 0 Å². The fraction of sp³-hybridized carbons (Fsp3) is 0.370. The van der Waals surface area contributed by atoms with Crippen LogP contribution in [-0.4, -0.2) is 97.7 Å². The number of nitrogens with one attached hydrogen (secondary N) is 6. The SMILES string of the molecule is CC.Cc1ccc(SNCCN2CCN(CCC(=O)Nc3ccc(CC(NC(=O)CCc4ccccc4)C(=O)NCC(=O)NCc4ccc(C(=N)N)cc4)cc3)CC2)cc1. The Labute approximate surface area is 359 Å². The van der Waals surface area contributed by atoms with Gasteiger partial charge in [-0.05, 0) is 66.2 Å². The van der Waals surface area contributed by atoms with Gasteiger partial charge in [-0.25, -0.2) is 0 Å². The molecule has 5 rings (SSSR count). The fourth-order valence-electron chi connectivity index (χ4n) is 6.36. The highest BCUT2D eigenvalue weighted by Crippen LogP contribution is 2.15. The summed E-state index contributed by atoms with van der Waals surface area (Å²) in [5.41, 5.74) is 10.6. The number of nitrogens with zero attached hydrogens (tertiary/aromatic N) is 2. The molecule has 1 aliphatic heterocycles. The van der Waals surface area contributed by atoms with Gasteiger partial charge in [0, 0.05) is 87.8 Å². The molecule has 1 atom stereocenters. The van der Waals surface area contributed by atoms with Crippen LogP contribution in [0, 0.1) is 12.3 Å². The maximum Gasteiger partial charge on any atom is 0.243 e. The second kappa shape index (κ2) is 25.8. The van der Waals surface area contributed by atoms with Crippen LogP contribution >= 0.6 is 11.9 Å². The van der Waals surface area contributed by atoms with Crippen LogP contribution in [0.3, 0.4) is 0 Å². The van der Waals surface area contributed by atoms with Crippen molar-refractivity contribution in [3.05, 3.63) is 131 Å². The lowest BCUT2D eigenvalue weighted by Gasteiger charge is -2.34. The first kappa shape index (κ1) is 47.1. The van der Waals surface area contributed by atoms with Crippen molar-refractivity contribution in [2.24, 2.45) is 5.73 Å². The van der Waals surface area contributed by atoms with Crippen LogP contribution in [0.15, 0.2) is 108 Å².